The number of amides is 1. The Kier molecular flexibility index (Phi) is 4.88. The van der Waals surface area contributed by atoms with Crippen LogP contribution in [0.2, 0.25) is 0 Å². The third-order valence-corrected chi connectivity index (χ3v) is 5.16. The maximum absolute atomic E-state index is 12.6. The SMILES string of the molecule is CCC(C)C1NC(CC)N(CC2CCC(C)C2)C1=O. The maximum atomic E-state index is 12.6. The van der Waals surface area contributed by atoms with E-state index in [-0.39, 0.29) is 12.2 Å². The second-order valence-electron chi connectivity index (χ2n) is 6.73. The molecule has 1 N–H and O–H groups in total. The molecule has 0 aromatic carbocycles. The third-order valence-electron chi connectivity index (χ3n) is 5.16. The Morgan fingerprint density at radius 3 is 2.63 bits per heavy atom. The standard InChI is InChI=1S/C16H30N2O/c1-5-12(4)15-16(19)18(14(6-2)17-15)10-13-8-7-11(3)9-13/h11-15,17H,5-10H2,1-4H3. The maximum Gasteiger partial charge on any atom is 0.241 e. The van der Waals surface area contributed by atoms with E-state index in [0.717, 1.165) is 31.2 Å². The summed E-state index contributed by atoms with van der Waals surface area (Å²) in [5, 5.41) is 3.55. The van der Waals surface area contributed by atoms with Crippen molar-refractivity contribution < 1.29 is 4.79 Å². The summed E-state index contributed by atoms with van der Waals surface area (Å²) in [7, 11) is 0. The molecule has 0 aromatic rings. The quantitative estimate of drug-likeness (QED) is 0.829. The van der Waals surface area contributed by atoms with E-state index in [2.05, 4.69) is 37.9 Å². The summed E-state index contributed by atoms with van der Waals surface area (Å²) < 4.78 is 0. The van der Waals surface area contributed by atoms with Gasteiger partial charge in [-0.2, -0.15) is 0 Å². The summed E-state index contributed by atoms with van der Waals surface area (Å²) in [5.74, 6) is 2.36. The highest BCUT2D eigenvalue weighted by atomic mass is 16.2. The highest BCUT2D eigenvalue weighted by Gasteiger charge is 2.41. The number of nitrogens with one attached hydrogen (secondary N) is 1. The van der Waals surface area contributed by atoms with Crippen LogP contribution in [0.3, 0.4) is 0 Å². The largest absolute Gasteiger partial charge is 0.326 e. The van der Waals surface area contributed by atoms with E-state index >= 15 is 0 Å². The molecule has 3 nitrogen and oxygen atoms in total. The first-order valence-corrected chi connectivity index (χ1v) is 8.13. The lowest BCUT2D eigenvalue weighted by atomic mass is 9.99. The van der Waals surface area contributed by atoms with Gasteiger partial charge in [-0.1, -0.05) is 40.5 Å². The summed E-state index contributed by atoms with van der Waals surface area (Å²) in [5.41, 5.74) is 0. The van der Waals surface area contributed by atoms with Gasteiger partial charge in [0, 0.05) is 6.54 Å². The number of carbonyl (C=O) groups excluding carboxylic acids is 1. The zero-order chi connectivity index (χ0) is 14.0. The minimum atomic E-state index is 0.0498. The van der Waals surface area contributed by atoms with Gasteiger partial charge in [0.25, 0.3) is 0 Å². The number of hydrogen-bond acceptors (Lipinski definition) is 2. The number of rotatable bonds is 5. The first-order chi connectivity index (χ1) is 9.06. The van der Waals surface area contributed by atoms with Gasteiger partial charge in [-0.3, -0.25) is 10.1 Å². The lowest BCUT2D eigenvalue weighted by Gasteiger charge is -2.26. The molecule has 5 unspecified atom stereocenters. The van der Waals surface area contributed by atoms with Crippen molar-refractivity contribution >= 4 is 5.91 Å². The van der Waals surface area contributed by atoms with Crippen molar-refractivity contribution in [2.24, 2.45) is 17.8 Å². The van der Waals surface area contributed by atoms with Crippen molar-refractivity contribution in [1.29, 1.82) is 0 Å². The molecule has 1 heterocycles. The fourth-order valence-corrected chi connectivity index (χ4v) is 3.67. The van der Waals surface area contributed by atoms with Crippen LogP contribution in [0.5, 0.6) is 0 Å². The first-order valence-electron chi connectivity index (χ1n) is 8.13. The molecule has 1 amide bonds. The van der Waals surface area contributed by atoms with Crippen LogP contribution in [0.15, 0.2) is 0 Å². The molecular weight excluding hydrogens is 236 g/mol. The van der Waals surface area contributed by atoms with Gasteiger partial charge in [0.1, 0.15) is 0 Å². The van der Waals surface area contributed by atoms with E-state index < -0.39 is 0 Å². The molecule has 0 spiro atoms. The zero-order valence-corrected chi connectivity index (χ0v) is 13.0. The van der Waals surface area contributed by atoms with Gasteiger partial charge in [-0.05, 0) is 37.0 Å². The third kappa shape index (κ3) is 3.13. The van der Waals surface area contributed by atoms with Crippen molar-refractivity contribution in [1.82, 2.24) is 10.2 Å². The van der Waals surface area contributed by atoms with Crippen LogP contribution in [-0.2, 0) is 4.79 Å². The predicted molar refractivity (Wildman–Crippen MR) is 78.7 cm³/mol. The monoisotopic (exact) mass is 266 g/mol. The van der Waals surface area contributed by atoms with Crippen LogP contribution < -0.4 is 5.32 Å². The van der Waals surface area contributed by atoms with Gasteiger partial charge in [-0.25, -0.2) is 0 Å². The molecule has 2 aliphatic rings. The second kappa shape index (κ2) is 6.25. The summed E-state index contributed by atoms with van der Waals surface area (Å²) >= 11 is 0. The molecule has 110 valence electrons. The summed E-state index contributed by atoms with van der Waals surface area (Å²) in [6.45, 7) is 9.84. The number of nitrogens with zero attached hydrogens (tertiary/aromatic N) is 1. The second-order valence-corrected chi connectivity index (χ2v) is 6.73. The summed E-state index contributed by atoms with van der Waals surface area (Å²) in [6.07, 6.45) is 6.28. The Labute approximate surface area is 118 Å². The minimum Gasteiger partial charge on any atom is -0.326 e. The summed E-state index contributed by atoms with van der Waals surface area (Å²) in [4.78, 5) is 14.7. The molecule has 2 fully saturated rings. The van der Waals surface area contributed by atoms with Crippen LogP contribution in [-0.4, -0.2) is 29.6 Å². The topological polar surface area (TPSA) is 32.3 Å². The molecular formula is C16H30N2O. The van der Waals surface area contributed by atoms with E-state index in [1.54, 1.807) is 0 Å². The molecule has 1 saturated heterocycles. The smallest absolute Gasteiger partial charge is 0.241 e. The van der Waals surface area contributed by atoms with E-state index in [4.69, 9.17) is 0 Å². The Hall–Kier alpha value is -0.570. The molecule has 1 aliphatic heterocycles. The van der Waals surface area contributed by atoms with Crippen LogP contribution in [0.4, 0.5) is 0 Å². The molecule has 2 rings (SSSR count). The van der Waals surface area contributed by atoms with E-state index in [1.807, 2.05) is 0 Å². The normalized spacial score (nSPS) is 37.1. The van der Waals surface area contributed by atoms with Crippen LogP contribution >= 0.6 is 0 Å². The molecule has 1 saturated carbocycles. The first kappa shape index (κ1) is 14.8. The van der Waals surface area contributed by atoms with E-state index in [9.17, 15) is 4.79 Å². The number of carbonyl (C=O) groups is 1. The molecule has 0 bridgehead atoms. The zero-order valence-electron chi connectivity index (χ0n) is 13.0. The van der Waals surface area contributed by atoms with Crippen molar-refractivity contribution in [2.45, 2.75) is 72.0 Å². The Morgan fingerprint density at radius 1 is 1.37 bits per heavy atom. The number of hydrogen-bond donors (Lipinski definition) is 1. The van der Waals surface area contributed by atoms with Crippen molar-refractivity contribution in [2.75, 3.05) is 6.54 Å². The molecule has 1 aliphatic carbocycles. The van der Waals surface area contributed by atoms with Crippen LogP contribution in [0.1, 0.15) is 59.8 Å². The molecule has 0 radical (unpaired) electrons. The van der Waals surface area contributed by atoms with Gasteiger partial charge in [-0.15, -0.1) is 0 Å². The molecule has 0 aromatic heterocycles. The van der Waals surface area contributed by atoms with Gasteiger partial charge < -0.3 is 4.90 Å². The van der Waals surface area contributed by atoms with E-state index in [1.165, 1.54) is 19.3 Å². The van der Waals surface area contributed by atoms with Gasteiger partial charge in [0.2, 0.25) is 5.91 Å². The Bertz CT molecular complexity index is 318. The lowest BCUT2D eigenvalue weighted by molar-refractivity contribution is -0.131. The molecule has 19 heavy (non-hydrogen) atoms. The highest BCUT2D eigenvalue weighted by molar-refractivity contribution is 5.84. The summed E-state index contributed by atoms with van der Waals surface area (Å²) in [6, 6.07) is 0.0498. The average molecular weight is 266 g/mol. The van der Waals surface area contributed by atoms with Gasteiger partial charge in [0.15, 0.2) is 0 Å². The van der Waals surface area contributed by atoms with Crippen LogP contribution in [0, 0.1) is 17.8 Å². The Balaban J connectivity index is 1.99. The fourth-order valence-electron chi connectivity index (χ4n) is 3.67. The van der Waals surface area contributed by atoms with Gasteiger partial charge >= 0.3 is 0 Å². The fraction of sp³-hybridized carbons (Fsp3) is 0.938. The van der Waals surface area contributed by atoms with E-state index in [0.29, 0.717) is 11.8 Å². The van der Waals surface area contributed by atoms with Crippen molar-refractivity contribution in [3.8, 4) is 0 Å². The van der Waals surface area contributed by atoms with Crippen LogP contribution in [0.25, 0.3) is 0 Å². The van der Waals surface area contributed by atoms with Crippen molar-refractivity contribution in [3.05, 3.63) is 0 Å². The minimum absolute atomic E-state index is 0.0498. The molecule has 5 atom stereocenters. The lowest BCUT2D eigenvalue weighted by Crippen LogP contribution is -2.39. The van der Waals surface area contributed by atoms with Crippen molar-refractivity contribution in [3.63, 3.8) is 0 Å². The van der Waals surface area contributed by atoms with Gasteiger partial charge in [0.05, 0.1) is 12.2 Å². The average Bonchev–Trinajstić information content (AvgIpc) is 2.94. The highest BCUT2D eigenvalue weighted by Crippen LogP contribution is 2.32. The molecule has 3 heteroatoms. The predicted octanol–water partition coefficient (Wildman–Crippen LogP) is 3.01. The Morgan fingerprint density at radius 2 is 2.11 bits per heavy atom.